The van der Waals surface area contributed by atoms with E-state index in [0.717, 1.165) is 25.3 Å². The summed E-state index contributed by atoms with van der Waals surface area (Å²) in [6.45, 7) is 5.89. The standard InChI is InChI=1S/C9H14N2O/c1-6-9(7(2)11-10-6)8-3-4-12-5-8/h8H,3-5H2,1-2H3,(H,10,11). The molecule has 0 radical (unpaired) electrons. The summed E-state index contributed by atoms with van der Waals surface area (Å²) in [4.78, 5) is 0. The van der Waals surface area contributed by atoms with Gasteiger partial charge in [0.15, 0.2) is 0 Å². The molecule has 12 heavy (non-hydrogen) atoms. The van der Waals surface area contributed by atoms with E-state index >= 15 is 0 Å². The van der Waals surface area contributed by atoms with E-state index < -0.39 is 0 Å². The quantitative estimate of drug-likeness (QED) is 0.687. The average Bonchev–Trinajstić information content (AvgIpc) is 2.61. The predicted molar refractivity (Wildman–Crippen MR) is 46.2 cm³/mol. The fraction of sp³-hybridized carbons (Fsp3) is 0.667. The third-order valence-corrected chi connectivity index (χ3v) is 2.52. The van der Waals surface area contributed by atoms with Crippen molar-refractivity contribution < 1.29 is 4.74 Å². The van der Waals surface area contributed by atoms with Gasteiger partial charge in [0.2, 0.25) is 0 Å². The molecule has 1 saturated heterocycles. The average molecular weight is 166 g/mol. The minimum absolute atomic E-state index is 0.573. The lowest BCUT2D eigenvalue weighted by Crippen LogP contribution is -1.99. The number of ether oxygens (including phenoxy) is 1. The van der Waals surface area contributed by atoms with Crippen molar-refractivity contribution in [2.45, 2.75) is 26.2 Å². The predicted octanol–water partition coefficient (Wildman–Crippen LogP) is 1.53. The van der Waals surface area contributed by atoms with Crippen molar-refractivity contribution >= 4 is 0 Å². The van der Waals surface area contributed by atoms with Crippen LogP contribution < -0.4 is 0 Å². The van der Waals surface area contributed by atoms with Crippen LogP contribution in [0.3, 0.4) is 0 Å². The Kier molecular flexibility index (Phi) is 1.89. The Morgan fingerprint density at radius 3 is 2.83 bits per heavy atom. The van der Waals surface area contributed by atoms with Crippen LogP contribution in [-0.2, 0) is 4.74 Å². The molecule has 0 saturated carbocycles. The second-order valence-electron chi connectivity index (χ2n) is 3.41. The highest BCUT2D eigenvalue weighted by Gasteiger charge is 2.22. The number of hydrogen-bond donors (Lipinski definition) is 1. The van der Waals surface area contributed by atoms with Gasteiger partial charge >= 0.3 is 0 Å². The molecule has 1 aromatic rings. The van der Waals surface area contributed by atoms with Gasteiger partial charge in [-0.15, -0.1) is 0 Å². The number of nitrogens with zero attached hydrogens (tertiary/aromatic N) is 1. The van der Waals surface area contributed by atoms with Gasteiger partial charge in [-0.2, -0.15) is 5.10 Å². The van der Waals surface area contributed by atoms with Crippen molar-refractivity contribution in [1.29, 1.82) is 0 Å². The largest absolute Gasteiger partial charge is 0.381 e. The van der Waals surface area contributed by atoms with Crippen molar-refractivity contribution in [2.75, 3.05) is 13.2 Å². The normalized spacial score (nSPS) is 23.3. The van der Waals surface area contributed by atoms with Gasteiger partial charge in [-0.25, -0.2) is 0 Å². The van der Waals surface area contributed by atoms with E-state index in [4.69, 9.17) is 4.74 Å². The monoisotopic (exact) mass is 166 g/mol. The van der Waals surface area contributed by atoms with E-state index in [1.165, 1.54) is 11.3 Å². The Morgan fingerprint density at radius 1 is 1.50 bits per heavy atom. The molecule has 0 amide bonds. The Morgan fingerprint density at radius 2 is 2.33 bits per heavy atom. The Bertz CT molecular complexity index is 255. The van der Waals surface area contributed by atoms with Gasteiger partial charge in [-0.1, -0.05) is 0 Å². The minimum Gasteiger partial charge on any atom is -0.381 e. The number of aromatic nitrogens is 2. The smallest absolute Gasteiger partial charge is 0.0629 e. The molecule has 1 atom stereocenters. The molecule has 0 spiro atoms. The maximum absolute atomic E-state index is 5.35. The lowest BCUT2D eigenvalue weighted by molar-refractivity contribution is 0.194. The zero-order chi connectivity index (χ0) is 8.55. The molecule has 66 valence electrons. The third-order valence-electron chi connectivity index (χ3n) is 2.52. The van der Waals surface area contributed by atoms with Gasteiger partial charge in [0, 0.05) is 23.8 Å². The van der Waals surface area contributed by atoms with Crippen LogP contribution in [0.2, 0.25) is 0 Å². The van der Waals surface area contributed by atoms with Crippen LogP contribution in [-0.4, -0.2) is 23.4 Å². The Hall–Kier alpha value is -0.830. The minimum atomic E-state index is 0.573. The number of H-pyrrole nitrogens is 1. The van der Waals surface area contributed by atoms with Gasteiger partial charge in [0.25, 0.3) is 0 Å². The summed E-state index contributed by atoms with van der Waals surface area (Å²) < 4.78 is 5.35. The van der Waals surface area contributed by atoms with Crippen LogP contribution in [0.1, 0.15) is 29.3 Å². The van der Waals surface area contributed by atoms with E-state index in [9.17, 15) is 0 Å². The van der Waals surface area contributed by atoms with Crippen molar-refractivity contribution in [3.05, 3.63) is 17.0 Å². The number of aryl methyl sites for hydroxylation is 2. The van der Waals surface area contributed by atoms with Gasteiger partial charge in [0.1, 0.15) is 0 Å². The molecule has 1 unspecified atom stereocenters. The second kappa shape index (κ2) is 2.90. The highest BCUT2D eigenvalue weighted by atomic mass is 16.5. The molecule has 1 aromatic heterocycles. The maximum Gasteiger partial charge on any atom is 0.0629 e. The topological polar surface area (TPSA) is 37.9 Å². The number of nitrogens with one attached hydrogen (secondary N) is 1. The summed E-state index contributed by atoms with van der Waals surface area (Å²) >= 11 is 0. The molecular weight excluding hydrogens is 152 g/mol. The Labute approximate surface area is 72.1 Å². The van der Waals surface area contributed by atoms with E-state index in [2.05, 4.69) is 24.0 Å². The molecule has 0 bridgehead atoms. The molecule has 1 fully saturated rings. The molecule has 3 nitrogen and oxygen atoms in total. The van der Waals surface area contributed by atoms with Crippen molar-refractivity contribution in [2.24, 2.45) is 0 Å². The fourth-order valence-corrected chi connectivity index (χ4v) is 1.92. The van der Waals surface area contributed by atoms with Crippen LogP contribution in [0.4, 0.5) is 0 Å². The number of aromatic amines is 1. The van der Waals surface area contributed by atoms with Gasteiger partial charge in [-0.05, 0) is 20.3 Å². The summed E-state index contributed by atoms with van der Waals surface area (Å²) in [5.41, 5.74) is 3.69. The SMILES string of the molecule is Cc1n[nH]c(C)c1C1CCOC1. The van der Waals surface area contributed by atoms with Gasteiger partial charge in [0.05, 0.1) is 12.3 Å². The second-order valence-corrected chi connectivity index (χ2v) is 3.41. The first-order chi connectivity index (χ1) is 5.79. The lowest BCUT2D eigenvalue weighted by Gasteiger charge is -2.06. The van der Waals surface area contributed by atoms with Gasteiger partial charge in [-0.3, -0.25) is 5.10 Å². The molecule has 2 rings (SSSR count). The first-order valence-electron chi connectivity index (χ1n) is 4.38. The first-order valence-corrected chi connectivity index (χ1v) is 4.38. The van der Waals surface area contributed by atoms with Crippen molar-refractivity contribution in [1.82, 2.24) is 10.2 Å². The molecule has 2 heterocycles. The van der Waals surface area contributed by atoms with Crippen LogP contribution in [0.5, 0.6) is 0 Å². The van der Waals surface area contributed by atoms with E-state index in [-0.39, 0.29) is 0 Å². The van der Waals surface area contributed by atoms with E-state index in [1.54, 1.807) is 0 Å². The highest BCUT2D eigenvalue weighted by molar-refractivity contribution is 5.28. The molecule has 1 N–H and O–H groups in total. The van der Waals surface area contributed by atoms with Crippen LogP contribution in [0.15, 0.2) is 0 Å². The molecular formula is C9H14N2O. The third kappa shape index (κ3) is 1.14. The zero-order valence-electron chi connectivity index (χ0n) is 7.55. The molecule has 1 aliphatic rings. The molecule has 1 aliphatic heterocycles. The van der Waals surface area contributed by atoms with E-state index in [0.29, 0.717) is 5.92 Å². The first kappa shape index (κ1) is 7.80. The maximum atomic E-state index is 5.35. The number of rotatable bonds is 1. The Balaban J connectivity index is 2.30. The molecule has 0 aromatic carbocycles. The molecule has 0 aliphatic carbocycles. The van der Waals surface area contributed by atoms with Crippen LogP contribution in [0, 0.1) is 13.8 Å². The fourth-order valence-electron chi connectivity index (χ4n) is 1.92. The van der Waals surface area contributed by atoms with Gasteiger partial charge < -0.3 is 4.74 Å². The van der Waals surface area contributed by atoms with Crippen LogP contribution in [0.25, 0.3) is 0 Å². The zero-order valence-corrected chi connectivity index (χ0v) is 7.55. The van der Waals surface area contributed by atoms with E-state index in [1.807, 2.05) is 0 Å². The lowest BCUT2D eigenvalue weighted by atomic mass is 9.97. The van der Waals surface area contributed by atoms with Crippen LogP contribution >= 0.6 is 0 Å². The summed E-state index contributed by atoms with van der Waals surface area (Å²) in [6.07, 6.45) is 1.14. The summed E-state index contributed by atoms with van der Waals surface area (Å²) in [7, 11) is 0. The highest BCUT2D eigenvalue weighted by Crippen LogP contribution is 2.28. The summed E-state index contributed by atoms with van der Waals surface area (Å²) in [5, 5.41) is 7.19. The summed E-state index contributed by atoms with van der Waals surface area (Å²) in [6, 6.07) is 0. The number of hydrogen-bond acceptors (Lipinski definition) is 2. The van der Waals surface area contributed by atoms with Crippen molar-refractivity contribution in [3.8, 4) is 0 Å². The summed E-state index contributed by atoms with van der Waals surface area (Å²) in [5.74, 6) is 0.573. The van der Waals surface area contributed by atoms with Crippen molar-refractivity contribution in [3.63, 3.8) is 0 Å². The molecule has 3 heteroatoms.